The zero-order valence-corrected chi connectivity index (χ0v) is 14.8. The number of carbonyl (C=O) groups excluding carboxylic acids is 2. The second kappa shape index (κ2) is 8.62. The van der Waals surface area contributed by atoms with Gasteiger partial charge < -0.3 is 15.4 Å². The lowest BCUT2D eigenvalue weighted by Crippen LogP contribution is -2.16. The van der Waals surface area contributed by atoms with Crippen LogP contribution in [0.2, 0.25) is 0 Å². The second-order valence-corrected chi connectivity index (χ2v) is 5.65. The van der Waals surface area contributed by atoms with Gasteiger partial charge in [-0.25, -0.2) is 0 Å². The van der Waals surface area contributed by atoms with Crippen LogP contribution in [0.15, 0.2) is 73.1 Å². The molecule has 1 aromatic heterocycles. The van der Waals surface area contributed by atoms with Crippen LogP contribution in [0, 0.1) is 0 Å². The fourth-order valence-electron chi connectivity index (χ4n) is 2.46. The van der Waals surface area contributed by atoms with Gasteiger partial charge in [-0.1, -0.05) is 12.1 Å². The van der Waals surface area contributed by atoms with E-state index in [1.165, 1.54) is 6.20 Å². The summed E-state index contributed by atoms with van der Waals surface area (Å²) in [5, 5.41) is 5.62. The topological polar surface area (TPSA) is 80.3 Å². The van der Waals surface area contributed by atoms with Crippen LogP contribution in [-0.2, 0) is 0 Å². The first-order valence-corrected chi connectivity index (χ1v) is 8.52. The maximum atomic E-state index is 12.5. The van der Waals surface area contributed by atoms with Crippen molar-refractivity contribution in [3.05, 3.63) is 84.2 Å². The van der Waals surface area contributed by atoms with Crippen molar-refractivity contribution in [2.75, 3.05) is 17.2 Å². The van der Waals surface area contributed by atoms with Gasteiger partial charge in [0.05, 0.1) is 23.5 Å². The first kappa shape index (κ1) is 18.1. The molecule has 0 unspecified atom stereocenters. The van der Waals surface area contributed by atoms with Crippen molar-refractivity contribution in [3.63, 3.8) is 0 Å². The predicted molar refractivity (Wildman–Crippen MR) is 104 cm³/mol. The average molecular weight is 361 g/mol. The Morgan fingerprint density at radius 3 is 2.04 bits per heavy atom. The normalized spacial score (nSPS) is 10.1. The van der Waals surface area contributed by atoms with Gasteiger partial charge in [0.1, 0.15) is 5.75 Å². The maximum absolute atomic E-state index is 12.5. The number of ether oxygens (including phenoxy) is 1. The molecule has 3 rings (SSSR count). The van der Waals surface area contributed by atoms with Gasteiger partial charge in [0, 0.05) is 18.0 Å². The molecule has 0 radical (unpaired) electrons. The van der Waals surface area contributed by atoms with Crippen molar-refractivity contribution in [2.45, 2.75) is 6.92 Å². The summed E-state index contributed by atoms with van der Waals surface area (Å²) in [7, 11) is 0. The molecule has 0 saturated carbocycles. The zero-order valence-electron chi connectivity index (χ0n) is 14.8. The molecule has 2 aromatic carbocycles. The van der Waals surface area contributed by atoms with Gasteiger partial charge in [-0.2, -0.15) is 0 Å². The third-order valence-corrected chi connectivity index (χ3v) is 3.77. The van der Waals surface area contributed by atoms with Gasteiger partial charge in [0.2, 0.25) is 0 Å². The van der Waals surface area contributed by atoms with E-state index in [1.54, 1.807) is 66.9 Å². The van der Waals surface area contributed by atoms with Crippen LogP contribution in [-0.4, -0.2) is 23.4 Å². The summed E-state index contributed by atoms with van der Waals surface area (Å²) in [5.41, 5.74) is 1.94. The van der Waals surface area contributed by atoms with Gasteiger partial charge in [0.25, 0.3) is 11.8 Å². The Kier molecular flexibility index (Phi) is 5.79. The highest BCUT2D eigenvalue weighted by Crippen LogP contribution is 2.23. The molecule has 6 heteroatoms. The molecule has 2 amide bonds. The molecule has 6 nitrogen and oxygen atoms in total. The number of para-hydroxylation sites is 2. The summed E-state index contributed by atoms with van der Waals surface area (Å²) >= 11 is 0. The fourth-order valence-corrected chi connectivity index (χ4v) is 2.46. The number of carbonyl (C=O) groups is 2. The number of hydrogen-bond acceptors (Lipinski definition) is 4. The highest BCUT2D eigenvalue weighted by molar-refractivity contribution is 6.09. The van der Waals surface area contributed by atoms with Crippen LogP contribution in [0.3, 0.4) is 0 Å². The molecule has 136 valence electrons. The van der Waals surface area contributed by atoms with Crippen LogP contribution in [0.25, 0.3) is 0 Å². The second-order valence-electron chi connectivity index (χ2n) is 5.65. The molecule has 0 aliphatic rings. The molecule has 0 fully saturated rings. The minimum absolute atomic E-state index is 0.277. The number of nitrogens with one attached hydrogen (secondary N) is 2. The molecule has 3 aromatic rings. The molecular formula is C21H19N3O3. The van der Waals surface area contributed by atoms with E-state index in [-0.39, 0.29) is 11.8 Å². The third-order valence-electron chi connectivity index (χ3n) is 3.77. The summed E-state index contributed by atoms with van der Waals surface area (Å²) in [5.74, 6) is 0.130. The van der Waals surface area contributed by atoms with Crippen molar-refractivity contribution in [1.29, 1.82) is 0 Å². The molecule has 0 aliphatic heterocycles. The van der Waals surface area contributed by atoms with Crippen molar-refractivity contribution < 1.29 is 14.3 Å². The zero-order chi connectivity index (χ0) is 19.1. The molecule has 0 aliphatic carbocycles. The van der Waals surface area contributed by atoms with Crippen LogP contribution in [0.4, 0.5) is 11.4 Å². The standard InChI is InChI=1S/C21H19N3O3/c1-2-27-17-11-9-15(10-12-17)20(25)23-18-7-3-4-8-19(18)24-21(26)16-6-5-13-22-14-16/h3-14H,2H2,1H3,(H,23,25)(H,24,26). The highest BCUT2D eigenvalue weighted by atomic mass is 16.5. The number of amides is 2. The number of hydrogen-bond donors (Lipinski definition) is 2. The molecule has 0 atom stereocenters. The van der Waals surface area contributed by atoms with Crippen LogP contribution in [0.5, 0.6) is 5.75 Å². The number of benzene rings is 2. The Morgan fingerprint density at radius 1 is 0.852 bits per heavy atom. The van der Waals surface area contributed by atoms with Crippen molar-refractivity contribution in [2.24, 2.45) is 0 Å². The van der Waals surface area contributed by atoms with Gasteiger partial charge in [-0.3, -0.25) is 14.6 Å². The van der Waals surface area contributed by atoms with Crippen LogP contribution in [0.1, 0.15) is 27.6 Å². The van der Waals surface area contributed by atoms with Gasteiger partial charge in [0.15, 0.2) is 0 Å². The summed E-state index contributed by atoms with van der Waals surface area (Å²) in [6.45, 7) is 2.47. The molecular weight excluding hydrogens is 342 g/mol. The minimum Gasteiger partial charge on any atom is -0.494 e. The minimum atomic E-state index is -0.300. The molecule has 0 spiro atoms. The number of aromatic nitrogens is 1. The Bertz CT molecular complexity index is 925. The van der Waals surface area contributed by atoms with E-state index in [1.807, 2.05) is 6.92 Å². The summed E-state index contributed by atoms with van der Waals surface area (Å²) < 4.78 is 5.38. The molecule has 0 bridgehead atoms. The quantitative estimate of drug-likeness (QED) is 0.696. The Hall–Kier alpha value is -3.67. The van der Waals surface area contributed by atoms with Crippen molar-refractivity contribution >= 4 is 23.2 Å². The maximum Gasteiger partial charge on any atom is 0.257 e. The van der Waals surface area contributed by atoms with Crippen molar-refractivity contribution in [1.82, 2.24) is 4.98 Å². The van der Waals surface area contributed by atoms with E-state index >= 15 is 0 Å². The number of rotatable bonds is 6. The lowest BCUT2D eigenvalue weighted by molar-refractivity contribution is 0.101. The largest absolute Gasteiger partial charge is 0.494 e. The summed E-state index contributed by atoms with van der Waals surface area (Å²) in [6, 6.07) is 17.3. The van der Waals surface area contributed by atoms with E-state index in [9.17, 15) is 9.59 Å². The Balaban J connectivity index is 1.73. The fraction of sp³-hybridized carbons (Fsp3) is 0.0952. The molecule has 2 N–H and O–H groups in total. The van der Waals surface area contributed by atoms with E-state index in [4.69, 9.17) is 4.74 Å². The number of nitrogens with zero attached hydrogens (tertiary/aromatic N) is 1. The highest BCUT2D eigenvalue weighted by Gasteiger charge is 2.12. The van der Waals surface area contributed by atoms with Gasteiger partial charge in [-0.15, -0.1) is 0 Å². The Morgan fingerprint density at radius 2 is 1.48 bits per heavy atom. The summed E-state index contributed by atoms with van der Waals surface area (Å²) in [4.78, 5) is 28.8. The molecule has 1 heterocycles. The first-order chi connectivity index (χ1) is 13.2. The molecule has 27 heavy (non-hydrogen) atoms. The lowest BCUT2D eigenvalue weighted by Gasteiger charge is -2.12. The number of anilines is 2. The molecule has 0 saturated heterocycles. The SMILES string of the molecule is CCOc1ccc(C(=O)Nc2ccccc2NC(=O)c2cccnc2)cc1. The van der Waals surface area contributed by atoms with E-state index < -0.39 is 0 Å². The Labute approximate surface area is 157 Å². The number of pyridine rings is 1. The van der Waals surface area contributed by atoms with E-state index in [2.05, 4.69) is 15.6 Å². The van der Waals surface area contributed by atoms with Crippen molar-refractivity contribution in [3.8, 4) is 5.75 Å². The first-order valence-electron chi connectivity index (χ1n) is 8.52. The monoisotopic (exact) mass is 361 g/mol. The predicted octanol–water partition coefficient (Wildman–Crippen LogP) is 3.98. The smallest absolute Gasteiger partial charge is 0.257 e. The van der Waals surface area contributed by atoms with Crippen LogP contribution >= 0.6 is 0 Å². The van der Waals surface area contributed by atoms with Gasteiger partial charge >= 0.3 is 0 Å². The average Bonchev–Trinajstić information content (AvgIpc) is 2.71. The van der Waals surface area contributed by atoms with E-state index in [0.29, 0.717) is 34.9 Å². The van der Waals surface area contributed by atoms with E-state index in [0.717, 1.165) is 0 Å². The van der Waals surface area contributed by atoms with Crippen LogP contribution < -0.4 is 15.4 Å². The summed E-state index contributed by atoms with van der Waals surface area (Å²) in [6.07, 6.45) is 3.08. The third kappa shape index (κ3) is 4.70. The van der Waals surface area contributed by atoms with Gasteiger partial charge in [-0.05, 0) is 55.5 Å². The lowest BCUT2D eigenvalue weighted by atomic mass is 10.2.